The van der Waals surface area contributed by atoms with E-state index in [0.29, 0.717) is 29.9 Å². The number of nitrogens with one attached hydrogen (secondary N) is 3. The van der Waals surface area contributed by atoms with Crippen LogP contribution in [0.1, 0.15) is 63.3 Å². The van der Waals surface area contributed by atoms with E-state index in [1.165, 1.54) is 12.0 Å². The summed E-state index contributed by atoms with van der Waals surface area (Å²) in [6.45, 7) is 6.25. The van der Waals surface area contributed by atoms with Crippen molar-refractivity contribution in [3.63, 3.8) is 0 Å². The number of likely N-dealkylation sites (tertiary alicyclic amines) is 2. The van der Waals surface area contributed by atoms with Gasteiger partial charge in [0.15, 0.2) is 0 Å². The van der Waals surface area contributed by atoms with Crippen LogP contribution in [0.15, 0.2) is 54.6 Å². The molecule has 4 aromatic carbocycles. The average Bonchev–Trinajstić information content (AvgIpc) is 3.93. The molecular weight excluding hydrogens is 637 g/mol. The van der Waals surface area contributed by atoms with Crippen LogP contribution in [0.25, 0.3) is 54.7 Å². The quantitative estimate of drug-likeness (QED) is 0.135. The molecule has 11 nitrogen and oxygen atoms in total. The van der Waals surface area contributed by atoms with Gasteiger partial charge in [-0.3, -0.25) is 9.80 Å². The Kier molecular flexibility index (Phi) is 8.05. The summed E-state index contributed by atoms with van der Waals surface area (Å²) in [5, 5.41) is 15.7. The Balaban J connectivity index is 1.10. The Morgan fingerprint density at radius 3 is 2.32 bits per heavy atom. The molecule has 6 aromatic rings. The first kappa shape index (κ1) is 32.0. The summed E-state index contributed by atoms with van der Waals surface area (Å²) in [5.74, 6) is 1.42. The van der Waals surface area contributed by atoms with Crippen molar-refractivity contribution in [2.75, 3.05) is 26.7 Å². The van der Waals surface area contributed by atoms with Gasteiger partial charge in [0, 0.05) is 40.9 Å². The SMILES string of the molecule is COC(=O)N[C@H](CN1CCC[C@H]1c1nc2c(ccc3c(F)c(-c4ccc5c(ccc6[nH]c(C7CCCN7C(=O)O)nc65)c4)ccc32)[nH]1)C(C)C. The lowest BCUT2D eigenvalue weighted by molar-refractivity contribution is 0.139. The first-order valence-electron chi connectivity index (χ1n) is 17.3. The number of carbonyl (C=O) groups excluding carboxylic acids is 1. The van der Waals surface area contributed by atoms with E-state index in [1.54, 1.807) is 0 Å². The number of amides is 2. The van der Waals surface area contributed by atoms with Crippen LogP contribution in [0.5, 0.6) is 0 Å². The summed E-state index contributed by atoms with van der Waals surface area (Å²) in [4.78, 5) is 44.3. The third kappa shape index (κ3) is 5.47. The first-order chi connectivity index (χ1) is 24.2. The van der Waals surface area contributed by atoms with Crippen LogP contribution < -0.4 is 5.32 Å². The normalized spacial score (nSPS) is 19.0. The molecule has 3 atom stereocenters. The molecule has 0 aliphatic carbocycles. The van der Waals surface area contributed by atoms with E-state index in [2.05, 4.69) is 34.0 Å². The van der Waals surface area contributed by atoms with Crippen molar-refractivity contribution in [1.82, 2.24) is 35.1 Å². The van der Waals surface area contributed by atoms with Crippen molar-refractivity contribution in [1.29, 1.82) is 0 Å². The molecule has 2 saturated heterocycles. The molecule has 0 radical (unpaired) electrons. The zero-order chi connectivity index (χ0) is 34.7. The first-order valence-corrected chi connectivity index (χ1v) is 17.3. The monoisotopic (exact) mass is 677 g/mol. The number of ether oxygens (including phenoxy) is 1. The van der Waals surface area contributed by atoms with Gasteiger partial charge in [0.25, 0.3) is 0 Å². The lowest BCUT2D eigenvalue weighted by Gasteiger charge is -2.30. The Bertz CT molecular complexity index is 2280. The molecule has 2 aliphatic rings. The van der Waals surface area contributed by atoms with E-state index in [9.17, 15) is 14.7 Å². The van der Waals surface area contributed by atoms with E-state index < -0.39 is 12.2 Å². The van der Waals surface area contributed by atoms with Gasteiger partial charge in [-0.2, -0.15) is 0 Å². The number of benzene rings is 4. The second kappa shape index (κ2) is 12.6. The standard InChI is InChI=1S/C38H40FN7O4/c1-20(2)29(42-37(47)50-3)19-45-16-4-6-30(45)35-40-28-15-13-25-26(34(28)44-35)12-11-23(32(25)39)21-8-10-24-22(18-21)9-14-27-33(24)43-36(41-27)31-7-5-17-46(31)38(48)49/h8-15,18,20,29-31H,4-7,16-17,19H2,1-3H3,(H,40,44)(H,41,43)(H,42,47)(H,48,49)/t29-,30+,31?/m1/s1. The van der Waals surface area contributed by atoms with Crippen LogP contribution in [0.4, 0.5) is 14.0 Å². The highest BCUT2D eigenvalue weighted by Gasteiger charge is 2.33. The van der Waals surface area contributed by atoms with Gasteiger partial charge in [-0.05, 0) is 73.4 Å². The second-order valence-electron chi connectivity index (χ2n) is 13.9. The van der Waals surface area contributed by atoms with Crippen LogP contribution in [-0.4, -0.2) is 79.8 Å². The largest absolute Gasteiger partial charge is 0.465 e. The predicted octanol–water partition coefficient (Wildman–Crippen LogP) is 7.88. The summed E-state index contributed by atoms with van der Waals surface area (Å²) in [6, 6.07) is 17.0. The zero-order valence-electron chi connectivity index (χ0n) is 28.3. The van der Waals surface area contributed by atoms with Crippen LogP contribution in [0, 0.1) is 11.7 Å². The molecule has 50 heavy (non-hydrogen) atoms. The highest BCUT2D eigenvalue weighted by Crippen LogP contribution is 2.38. The van der Waals surface area contributed by atoms with Crippen molar-refractivity contribution in [2.45, 2.75) is 57.7 Å². The maximum Gasteiger partial charge on any atom is 0.407 e. The van der Waals surface area contributed by atoms with E-state index in [-0.39, 0.29) is 29.9 Å². The third-order valence-corrected chi connectivity index (χ3v) is 10.6. The van der Waals surface area contributed by atoms with Crippen molar-refractivity contribution < 1.29 is 23.8 Å². The maximum absolute atomic E-state index is 16.4. The van der Waals surface area contributed by atoms with E-state index in [4.69, 9.17) is 14.7 Å². The number of rotatable bonds is 7. The van der Waals surface area contributed by atoms with Crippen LogP contribution in [0.2, 0.25) is 0 Å². The van der Waals surface area contributed by atoms with Crippen molar-refractivity contribution in [3.8, 4) is 11.1 Å². The molecule has 2 aromatic heterocycles. The lowest BCUT2D eigenvalue weighted by atomic mass is 9.97. The second-order valence-corrected chi connectivity index (χ2v) is 13.9. The van der Waals surface area contributed by atoms with Gasteiger partial charge in [0.1, 0.15) is 17.5 Å². The number of fused-ring (bicyclic) bond motifs is 6. The molecule has 0 bridgehead atoms. The molecule has 2 amide bonds. The minimum atomic E-state index is -0.935. The zero-order valence-corrected chi connectivity index (χ0v) is 28.3. The number of carboxylic acid groups (broad SMARTS) is 1. The fourth-order valence-electron chi connectivity index (χ4n) is 7.91. The molecule has 12 heteroatoms. The molecule has 8 rings (SSSR count). The third-order valence-electron chi connectivity index (χ3n) is 10.6. The van der Waals surface area contributed by atoms with Crippen LogP contribution in [-0.2, 0) is 4.74 Å². The Labute approximate surface area is 287 Å². The highest BCUT2D eigenvalue weighted by atomic mass is 19.1. The molecule has 4 heterocycles. The summed E-state index contributed by atoms with van der Waals surface area (Å²) in [6.07, 6.45) is 2.13. The van der Waals surface area contributed by atoms with Gasteiger partial charge >= 0.3 is 12.2 Å². The summed E-state index contributed by atoms with van der Waals surface area (Å²) in [7, 11) is 1.38. The van der Waals surface area contributed by atoms with E-state index in [1.807, 2.05) is 54.6 Å². The minimum absolute atomic E-state index is 0.0613. The molecule has 258 valence electrons. The topological polar surface area (TPSA) is 139 Å². The fourth-order valence-corrected chi connectivity index (χ4v) is 7.91. The lowest BCUT2D eigenvalue weighted by Crippen LogP contribution is -2.46. The number of hydrogen-bond donors (Lipinski definition) is 4. The molecule has 2 aliphatic heterocycles. The van der Waals surface area contributed by atoms with Gasteiger partial charge in [0.05, 0.1) is 41.3 Å². The summed E-state index contributed by atoms with van der Waals surface area (Å²) < 4.78 is 21.2. The molecule has 0 spiro atoms. The van der Waals surface area contributed by atoms with Crippen molar-refractivity contribution in [3.05, 3.63) is 72.1 Å². The number of halogens is 1. The number of alkyl carbamates (subject to hydrolysis) is 1. The van der Waals surface area contributed by atoms with E-state index >= 15 is 4.39 Å². The Morgan fingerprint density at radius 1 is 0.920 bits per heavy atom. The van der Waals surface area contributed by atoms with Gasteiger partial charge in [-0.1, -0.05) is 44.2 Å². The van der Waals surface area contributed by atoms with Crippen molar-refractivity contribution >= 4 is 55.8 Å². The van der Waals surface area contributed by atoms with Crippen LogP contribution >= 0.6 is 0 Å². The molecule has 4 N–H and O–H groups in total. The Morgan fingerprint density at radius 2 is 1.58 bits per heavy atom. The number of imidazole rings is 2. The maximum atomic E-state index is 16.4. The number of aromatic nitrogens is 4. The summed E-state index contributed by atoms with van der Waals surface area (Å²) >= 11 is 0. The minimum Gasteiger partial charge on any atom is -0.465 e. The molecular formula is C38H40FN7O4. The number of aromatic amines is 2. The van der Waals surface area contributed by atoms with E-state index in [0.717, 1.165) is 81.8 Å². The number of hydrogen-bond acceptors (Lipinski definition) is 6. The molecule has 0 saturated carbocycles. The number of nitrogens with zero attached hydrogens (tertiary/aromatic N) is 4. The van der Waals surface area contributed by atoms with Gasteiger partial charge in [-0.15, -0.1) is 0 Å². The Hall–Kier alpha value is -5.23. The smallest absolute Gasteiger partial charge is 0.407 e. The predicted molar refractivity (Wildman–Crippen MR) is 191 cm³/mol. The number of methoxy groups -OCH3 is 1. The van der Waals surface area contributed by atoms with Gasteiger partial charge in [-0.25, -0.2) is 23.9 Å². The number of carbonyl (C=O) groups is 2. The number of H-pyrrole nitrogens is 2. The van der Waals surface area contributed by atoms with Crippen LogP contribution in [0.3, 0.4) is 0 Å². The summed E-state index contributed by atoms with van der Waals surface area (Å²) in [5.41, 5.74) is 4.47. The average molecular weight is 678 g/mol. The molecule has 2 fully saturated rings. The fraction of sp³-hybridized carbons (Fsp3) is 0.368. The van der Waals surface area contributed by atoms with Crippen molar-refractivity contribution in [2.24, 2.45) is 5.92 Å². The van der Waals surface area contributed by atoms with Gasteiger partial charge < -0.3 is 25.1 Å². The highest BCUT2D eigenvalue weighted by molar-refractivity contribution is 6.07. The van der Waals surface area contributed by atoms with Gasteiger partial charge in [0.2, 0.25) is 0 Å². The molecule has 1 unspecified atom stereocenters.